The second-order valence-electron chi connectivity index (χ2n) is 4.16. The van der Waals surface area contributed by atoms with Crippen LogP contribution in [0.15, 0.2) is 40.9 Å². The van der Waals surface area contributed by atoms with Crippen molar-refractivity contribution in [1.82, 2.24) is 0 Å². The summed E-state index contributed by atoms with van der Waals surface area (Å²) >= 11 is 10.8. The minimum atomic E-state index is -0.414. The van der Waals surface area contributed by atoms with E-state index < -0.39 is 6.10 Å². The van der Waals surface area contributed by atoms with Crippen LogP contribution in [0.5, 0.6) is 0 Å². The zero-order valence-corrected chi connectivity index (χ0v) is 12.9. The summed E-state index contributed by atoms with van der Waals surface area (Å²) in [7, 11) is 0. The quantitative estimate of drug-likeness (QED) is 0.787. The molecular weight excluding hydrogens is 332 g/mol. The number of halogens is 2. The van der Waals surface area contributed by atoms with Crippen LogP contribution in [0.3, 0.4) is 0 Å². The monoisotopic (exact) mass is 344 g/mol. The average Bonchev–Trinajstić information content (AvgIpc) is 2.71. The van der Waals surface area contributed by atoms with Gasteiger partial charge < -0.3 is 5.11 Å². The van der Waals surface area contributed by atoms with Gasteiger partial charge in [-0.3, -0.25) is 0 Å². The van der Waals surface area contributed by atoms with E-state index >= 15 is 0 Å². The van der Waals surface area contributed by atoms with E-state index in [1.54, 1.807) is 0 Å². The molecule has 1 aromatic heterocycles. The lowest BCUT2D eigenvalue weighted by molar-refractivity contribution is 0.168. The molecule has 18 heavy (non-hydrogen) atoms. The van der Waals surface area contributed by atoms with Gasteiger partial charge in [0.15, 0.2) is 0 Å². The molecule has 4 heteroatoms. The molecule has 0 spiro atoms. The molecule has 1 N–H and O–H groups in total. The van der Waals surface area contributed by atoms with E-state index in [9.17, 15) is 5.11 Å². The van der Waals surface area contributed by atoms with Gasteiger partial charge in [0.2, 0.25) is 0 Å². The lowest BCUT2D eigenvalue weighted by Gasteiger charge is -2.08. The predicted molar refractivity (Wildman–Crippen MR) is 81.4 cm³/mol. The van der Waals surface area contributed by atoms with Crippen LogP contribution in [-0.4, -0.2) is 5.11 Å². The molecule has 1 atom stereocenters. The third kappa shape index (κ3) is 3.82. The summed E-state index contributed by atoms with van der Waals surface area (Å²) in [6, 6.07) is 12.2. The Morgan fingerprint density at radius 1 is 1.28 bits per heavy atom. The highest BCUT2D eigenvalue weighted by Crippen LogP contribution is 2.36. The van der Waals surface area contributed by atoms with Crippen molar-refractivity contribution >= 4 is 38.9 Å². The van der Waals surface area contributed by atoms with Gasteiger partial charge in [0.05, 0.1) is 6.10 Å². The van der Waals surface area contributed by atoms with Crippen LogP contribution in [0.2, 0.25) is 4.34 Å². The van der Waals surface area contributed by atoms with Gasteiger partial charge in [0.25, 0.3) is 0 Å². The van der Waals surface area contributed by atoms with E-state index in [4.69, 9.17) is 11.6 Å². The van der Waals surface area contributed by atoms with Gasteiger partial charge in [0.1, 0.15) is 4.34 Å². The maximum Gasteiger partial charge on any atom is 0.107 e. The molecule has 1 aromatic carbocycles. The van der Waals surface area contributed by atoms with Crippen molar-refractivity contribution in [3.63, 3.8) is 0 Å². The number of hydrogen-bond donors (Lipinski definition) is 1. The van der Waals surface area contributed by atoms with Crippen molar-refractivity contribution in [2.24, 2.45) is 0 Å². The minimum Gasteiger partial charge on any atom is -0.388 e. The Morgan fingerprint density at radius 3 is 2.61 bits per heavy atom. The number of rotatable bonds is 5. The maximum atomic E-state index is 10.1. The molecular formula is C14H14BrClOS. The summed E-state index contributed by atoms with van der Waals surface area (Å²) in [5, 5.41) is 10.1. The first-order chi connectivity index (χ1) is 8.66. The lowest BCUT2D eigenvalue weighted by atomic mass is 10.1. The molecule has 1 nitrogen and oxygen atoms in total. The normalized spacial score (nSPS) is 12.6. The van der Waals surface area contributed by atoms with E-state index in [1.165, 1.54) is 16.9 Å². The molecule has 0 aliphatic carbocycles. The van der Waals surface area contributed by atoms with E-state index in [-0.39, 0.29) is 0 Å². The highest BCUT2D eigenvalue weighted by molar-refractivity contribution is 9.10. The van der Waals surface area contributed by atoms with E-state index in [0.29, 0.717) is 4.34 Å². The fraction of sp³-hybridized carbons (Fsp3) is 0.286. The summed E-state index contributed by atoms with van der Waals surface area (Å²) in [5.74, 6) is 0. The number of thiophene rings is 1. The summed E-state index contributed by atoms with van der Waals surface area (Å²) in [4.78, 5) is 0.930. The third-order valence-corrected chi connectivity index (χ3v) is 5.35. The van der Waals surface area contributed by atoms with Crippen molar-refractivity contribution < 1.29 is 5.11 Å². The van der Waals surface area contributed by atoms with Gasteiger partial charge in [-0.25, -0.2) is 0 Å². The predicted octanol–water partition coefficient (Wildman–Crippen LogP) is 5.22. The molecule has 0 bridgehead atoms. The Hall–Kier alpha value is -0.350. The number of aliphatic hydroxyl groups excluding tert-OH is 1. The fourth-order valence-electron chi connectivity index (χ4n) is 1.81. The zero-order valence-electron chi connectivity index (χ0n) is 9.77. The van der Waals surface area contributed by atoms with Crippen LogP contribution in [0.25, 0.3) is 0 Å². The molecule has 0 radical (unpaired) electrons. The molecule has 0 saturated heterocycles. The van der Waals surface area contributed by atoms with Crippen LogP contribution in [0.4, 0.5) is 0 Å². The molecule has 0 fully saturated rings. The highest BCUT2D eigenvalue weighted by Gasteiger charge is 2.12. The molecule has 96 valence electrons. The number of benzene rings is 1. The van der Waals surface area contributed by atoms with Gasteiger partial charge in [0, 0.05) is 9.35 Å². The molecule has 0 aliphatic heterocycles. The minimum absolute atomic E-state index is 0.414. The van der Waals surface area contributed by atoms with E-state index in [1.807, 2.05) is 24.3 Å². The van der Waals surface area contributed by atoms with Crippen LogP contribution < -0.4 is 0 Å². The van der Waals surface area contributed by atoms with E-state index in [0.717, 1.165) is 28.6 Å². The smallest absolute Gasteiger partial charge is 0.107 e. The molecule has 1 unspecified atom stereocenters. The van der Waals surface area contributed by atoms with Crippen LogP contribution in [0, 0.1) is 0 Å². The molecule has 2 aromatic rings. The van der Waals surface area contributed by atoms with E-state index in [2.05, 4.69) is 28.1 Å². The summed E-state index contributed by atoms with van der Waals surface area (Å²) in [6.07, 6.45) is 2.32. The van der Waals surface area contributed by atoms with Crippen molar-refractivity contribution in [3.05, 3.63) is 55.6 Å². The second kappa shape index (κ2) is 6.71. The first-order valence-electron chi connectivity index (χ1n) is 5.83. The number of aryl methyl sites for hydroxylation is 1. The molecule has 1 heterocycles. The van der Waals surface area contributed by atoms with Crippen molar-refractivity contribution in [1.29, 1.82) is 0 Å². The van der Waals surface area contributed by atoms with Crippen LogP contribution >= 0.6 is 38.9 Å². The molecule has 2 rings (SSSR count). The van der Waals surface area contributed by atoms with Gasteiger partial charge in [-0.1, -0.05) is 41.9 Å². The summed E-state index contributed by atoms with van der Waals surface area (Å²) in [6.45, 7) is 0. The molecule has 0 amide bonds. The first kappa shape index (κ1) is 14.1. The first-order valence-corrected chi connectivity index (χ1v) is 7.82. The molecule has 0 aliphatic rings. The standard InChI is InChI=1S/C14H14BrClOS/c15-11-9-13(18-14(11)16)12(17)8-4-7-10-5-2-1-3-6-10/h1-3,5-6,9,12,17H,4,7-8H2. The summed E-state index contributed by atoms with van der Waals surface area (Å²) < 4.78 is 1.57. The lowest BCUT2D eigenvalue weighted by Crippen LogP contribution is -1.95. The Labute approximate surface area is 125 Å². The highest BCUT2D eigenvalue weighted by atomic mass is 79.9. The average molecular weight is 346 g/mol. The Morgan fingerprint density at radius 2 is 2.00 bits per heavy atom. The van der Waals surface area contributed by atoms with Gasteiger partial charge in [-0.2, -0.15) is 0 Å². The van der Waals surface area contributed by atoms with Crippen molar-refractivity contribution in [2.45, 2.75) is 25.4 Å². The third-order valence-electron chi connectivity index (χ3n) is 2.78. The van der Waals surface area contributed by atoms with Gasteiger partial charge in [-0.15, -0.1) is 11.3 Å². The summed E-state index contributed by atoms with van der Waals surface area (Å²) in [5.41, 5.74) is 1.31. The Kier molecular flexibility index (Phi) is 5.25. The van der Waals surface area contributed by atoms with Crippen molar-refractivity contribution in [2.75, 3.05) is 0 Å². The van der Waals surface area contributed by atoms with Crippen molar-refractivity contribution in [3.8, 4) is 0 Å². The largest absolute Gasteiger partial charge is 0.388 e. The Balaban J connectivity index is 1.83. The van der Waals surface area contributed by atoms with Gasteiger partial charge >= 0.3 is 0 Å². The maximum absolute atomic E-state index is 10.1. The van der Waals surface area contributed by atoms with Crippen LogP contribution in [-0.2, 0) is 6.42 Å². The SMILES string of the molecule is OC(CCCc1ccccc1)c1cc(Br)c(Cl)s1. The Bertz CT molecular complexity index is 478. The molecule has 0 saturated carbocycles. The van der Waals surface area contributed by atoms with Gasteiger partial charge in [-0.05, 0) is 46.8 Å². The number of aliphatic hydroxyl groups is 1. The van der Waals surface area contributed by atoms with Crippen LogP contribution in [0.1, 0.15) is 29.4 Å². The number of hydrogen-bond acceptors (Lipinski definition) is 2. The second-order valence-corrected chi connectivity index (χ2v) is 6.70. The fourth-order valence-corrected chi connectivity index (χ4v) is 3.57. The zero-order chi connectivity index (χ0) is 13.0. The topological polar surface area (TPSA) is 20.2 Å².